The Labute approximate surface area is 108 Å². The van der Waals surface area contributed by atoms with Gasteiger partial charge in [0.05, 0.1) is 17.9 Å². The molecule has 0 aliphatic heterocycles. The van der Waals surface area contributed by atoms with Crippen LogP contribution in [0.2, 0.25) is 0 Å². The van der Waals surface area contributed by atoms with Crippen molar-refractivity contribution in [3.8, 4) is 0 Å². The topological polar surface area (TPSA) is 29.9 Å². The third-order valence-corrected chi connectivity index (χ3v) is 3.67. The molecule has 0 radical (unpaired) electrons. The predicted molar refractivity (Wildman–Crippen MR) is 73.7 cm³/mol. The molecule has 2 aromatic rings. The molecule has 0 fully saturated rings. The molecular weight excluding hydrogens is 222 g/mol. The Hall–Kier alpha value is -1.77. The SMILES string of the molecule is Cc1cc(CNc2ccc3c(c2)CCC3)n(C)n1. The Kier molecular flexibility index (Phi) is 2.82. The zero-order chi connectivity index (χ0) is 12.5. The molecule has 1 aliphatic carbocycles. The van der Waals surface area contributed by atoms with E-state index in [-0.39, 0.29) is 0 Å². The van der Waals surface area contributed by atoms with Crippen molar-refractivity contribution in [1.29, 1.82) is 0 Å². The fourth-order valence-electron chi connectivity index (χ4n) is 2.70. The highest BCUT2D eigenvalue weighted by atomic mass is 15.3. The molecule has 0 saturated heterocycles. The number of aryl methyl sites for hydroxylation is 4. The molecule has 3 rings (SSSR count). The summed E-state index contributed by atoms with van der Waals surface area (Å²) >= 11 is 0. The van der Waals surface area contributed by atoms with Crippen LogP contribution >= 0.6 is 0 Å². The number of nitrogens with one attached hydrogen (secondary N) is 1. The van der Waals surface area contributed by atoms with Gasteiger partial charge in [0.1, 0.15) is 0 Å². The number of nitrogens with zero attached hydrogens (tertiary/aromatic N) is 2. The van der Waals surface area contributed by atoms with E-state index in [4.69, 9.17) is 0 Å². The first-order chi connectivity index (χ1) is 8.72. The number of hydrogen-bond acceptors (Lipinski definition) is 2. The van der Waals surface area contributed by atoms with Gasteiger partial charge in [0.2, 0.25) is 0 Å². The highest BCUT2D eigenvalue weighted by Crippen LogP contribution is 2.25. The lowest BCUT2D eigenvalue weighted by Gasteiger charge is -2.08. The maximum absolute atomic E-state index is 4.36. The summed E-state index contributed by atoms with van der Waals surface area (Å²) < 4.78 is 1.94. The third-order valence-electron chi connectivity index (χ3n) is 3.67. The molecule has 18 heavy (non-hydrogen) atoms. The fraction of sp³-hybridized carbons (Fsp3) is 0.400. The van der Waals surface area contributed by atoms with Crippen LogP contribution in [-0.2, 0) is 26.4 Å². The van der Waals surface area contributed by atoms with E-state index in [2.05, 4.69) is 34.7 Å². The van der Waals surface area contributed by atoms with Gasteiger partial charge in [-0.05, 0) is 55.5 Å². The Balaban J connectivity index is 1.72. The Morgan fingerprint density at radius 3 is 2.83 bits per heavy atom. The number of fused-ring (bicyclic) bond motifs is 1. The van der Waals surface area contributed by atoms with E-state index in [0.29, 0.717) is 0 Å². The number of rotatable bonds is 3. The van der Waals surface area contributed by atoms with Crippen LogP contribution in [0.3, 0.4) is 0 Å². The van der Waals surface area contributed by atoms with Crippen LogP contribution in [0, 0.1) is 6.92 Å². The van der Waals surface area contributed by atoms with E-state index >= 15 is 0 Å². The molecule has 1 aromatic carbocycles. The lowest BCUT2D eigenvalue weighted by atomic mass is 10.1. The number of benzene rings is 1. The van der Waals surface area contributed by atoms with Crippen molar-refractivity contribution < 1.29 is 0 Å². The maximum atomic E-state index is 4.36. The third kappa shape index (κ3) is 2.13. The zero-order valence-electron chi connectivity index (χ0n) is 11.0. The van der Waals surface area contributed by atoms with E-state index in [0.717, 1.165) is 12.2 Å². The van der Waals surface area contributed by atoms with Crippen molar-refractivity contribution in [3.05, 3.63) is 46.8 Å². The van der Waals surface area contributed by atoms with Gasteiger partial charge in [-0.1, -0.05) is 6.07 Å². The van der Waals surface area contributed by atoms with Gasteiger partial charge >= 0.3 is 0 Å². The maximum Gasteiger partial charge on any atom is 0.0597 e. The second kappa shape index (κ2) is 4.48. The van der Waals surface area contributed by atoms with Gasteiger partial charge in [-0.2, -0.15) is 5.10 Å². The minimum Gasteiger partial charge on any atom is -0.379 e. The van der Waals surface area contributed by atoms with Gasteiger partial charge < -0.3 is 5.32 Å². The monoisotopic (exact) mass is 241 g/mol. The smallest absolute Gasteiger partial charge is 0.0597 e. The van der Waals surface area contributed by atoms with Crippen LogP contribution in [0.5, 0.6) is 0 Å². The summed E-state index contributed by atoms with van der Waals surface area (Å²) in [5, 5.41) is 7.84. The molecule has 1 heterocycles. The van der Waals surface area contributed by atoms with Crippen molar-refractivity contribution in [2.24, 2.45) is 7.05 Å². The number of aromatic nitrogens is 2. The van der Waals surface area contributed by atoms with Crippen molar-refractivity contribution >= 4 is 5.69 Å². The molecule has 1 aliphatic rings. The van der Waals surface area contributed by atoms with Crippen molar-refractivity contribution in [2.45, 2.75) is 32.7 Å². The van der Waals surface area contributed by atoms with Crippen molar-refractivity contribution in [2.75, 3.05) is 5.32 Å². The van der Waals surface area contributed by atoms with Gasteiger partial charge in [0, 0.05) is 12.7 Å². The van der Waals surface area contributed by atoms with E-state index in [1.807, 2.05) is 18.7 Å². The summed E-state index contributed by atoms with van der Waals surface area (Å²) in [6.07, 6.45) is 3.78. The summed E-state index contributed by atoms with van der Waals surface area (Å²) in [6.45, 7) is 2.86. The first-order valence-electron chi connectivity index (χ1n) is 6.57. The lowest BCUT2D eigenvalue weighted by molar-refractivity contribution is 0.713. The van der Waals surface area contributed by atoms with Gasteiger partial charge in [0.15, 0.2) is 0 Å². The molecule has 0 spiro atoms. The predicted octanol–water partition coefficient (Wildman–Crippen LogP) is 2.83. The van der Waals surface area contributed by atoms with E-state index < -0.39 is 0 Å². The van der Waals surface area contributed by atoms with Crippen LogP contribution in [0.25, 0.3) is 0 Å². The molecule has 0 saturated carbocycles. The molecule has 3 nitrogen and oxygen atoms in total. The summed E-state index contributed by atoms with van der Waals surface area (Å²) in [5.41, 5.74) is 6.55. The van der Waals surface area contributed by atoms with E-state index in [1.165, 1.54) is 41.8 Å². The molecule has 0 amide bonds. The number of hydrogen-bond donors (Lipinski definition) is 1. The Bertz CT molecular complexity index is 569. The second-order valence-corrected chi connectivity index (χ2v) is 5.09. The van der Waals surface area contributed by atoms with Crippen LogP contribution < -0.4 is 5.32 Å². The Morgan fingerprint density at radius 1 is 1.22 bits per heavy atom. The molecule has 0 atom stereocenters. The summed E-state index contributed by atoms with van der Waals surface area (Å²) in [5.74, 6) is 0. The molecule has 1 aromatic heterocycles. The molecule has 0 bridgehead atoms. The van der Waals surface area contributed by atoms with Gasteiger partial charge in [0.25, 0.3) is 0 Å². The molecular formula is C15H19N3. The van der Waals surface area contributed by atoms with E-state index in [9.17, 15) is 0 Å². The Morgan fingerprint density at radius 2 is 2.06 bits per heavy atom. The quantitative estimate of drug-likeness (QED) is 0.895. The molecule has 1 N–H and O–H groups in total. The van der Waals surface area contributed by atoms with Crippen molar-refractivity contribution in [3.63, 3.8) is 0 Å². The minimum atomic E-state index is 0.829. The van der Waals surface area contributed by atoms with Crippen LogP contribution in [0.4, 0.5) is 5.69 Å². The molecule has 94 valence electrons. The number of anilines is 1. The zero-order valence-corrected chi connectivity index (χ0v) is 11.0. The second-order valence-electron chi connectivity index (χ2n) is 5.09. The fourth-order valence-corrected chi connectivity index (χ4v) is 2.70. The van der Waals surface area contributed by atoms with Gasteiger partial charge in [-0.3, -0.25) is 4.68 Å². The summed E-state index contributed by atoms with van der Waals surface area (Å²) in [4.78, 5) is 0. The van der Waals surface area contributed by atoms with E-state index in [1.54, 1.807) is 0 Å². The molecule has 0 unspecified atom stereocenters. The standard InChI is InChI=1S/C15H19N3/c1-11-8-15(18(2)17-11)10-16-14-7-6-12-4-3-5-13(12)9-14/h6-9,16H,3-5,10H2,1-2H3. The average Bonchev–Trinajstić information content (AvgIpc) is 2.92. The van der Waals surface area contributed by atoms with Gasteiger partial charge in [-0.15, -0.1) is 0 Å². The van der Waals surface area contributed by atoms with Crippen LogP contribution in [-0.4, -0.2) is 9.78 Å². The largest absolute Gasteiger partial charge is 0.379 e. The first kappa shape index (κ1) is 11.3. The molecule has 3 heteroatoms. The first-order valence-corrected chi connectivity index (χ1v) is 6.57. The highest BCUT2D eigenvalue weighted by Gasteiger charge is 2.10. The summed E-state index contributed by atoms with van der Waals surface area (Å²) in [7, 11) is 1.99. The van der Waals surface area contributed by atoms with Gasteiger partial charge in [-0.25, -0.2) is 0 Å². The van der Waals surface area contributed by atoms with Crippen LogP contribution in [0.15, 0.2) is 24.3 Å². The van der Waals surface area contributed by atoms with Crippen molar-refractivity contribution in [1.82, 2.24) is 9.78 Å². The highest BCUT2D eigenvalue weighted by molar-refractivity contribution is 5.50. The average molecular weight is 241 g/mol. The lowest BCUT2D eigenvalue weighted by Crippen LogP contribution is -2.05. The van der Waals surface area contributed by atoms with Crippen LogP contribution in [0.1, 0.15) is 28.9 Å². The normalized spacial score (nSPS) is 13.7. The minimum absolute atomic E-state index is 0.829. The summed E-state index contributed by atoms with van der Waals surface area (Å²) in [6, 6.07) is 8.87.